The van der Waals surface area contributed by atoms with E-state index in [0.29, 0.717) is 0 Å². The molecule has 0 N–H and O–H groups in total. The zero-order chi connectivity index (χ0) is 11.5. The Kier molecular flexibility index (Phi) is 3.90. The summed E-state index contributed by atoms with van der Waals surface area (Å²) in [4.78, 5) is 25.9. The highest BCUT2D eigenvalue weighted by molar-refractivity contribution is 6.75. The third kappa shape index (κ3) is 3.66. The minimum atomic E-state index is -2.27. The Hall–Kier alpha value is -0.840. The highest BCUT2D eigenvalue weighted by Crippen LogP contribution is 2.27. The first-order chi connectivity index (χ1) is 6.91. The maximum absolute atomic E-state index is 11.2. The Labute approximate surface area is 100 Å². The molecule has 0 aliphatic heterocycles. The van der Waals surface area contributed by atoms with Crippen LogP contribution in [0.15, 0.2) is 24.5 Å². The minimum Gasteiger partial charge on any atom is -0.386 e. The van der Waals surface area contributed by atoms with Crippen molar-refractivity contribution in [2.45, 2.75) is 3.79 Å². The van der Waals surface area contributed by atoms with E-state index in [1.54, 1.807) is 0 Å². The molecule has 0 fully saturated rings. The van der Waals surface area contributed by atoms with Gasteiger partial charge in [0, 0.05) is 12.4 Å². The van der Waals surface area contributed by atoms with E-state index < -0.39 is 15.7 Å². The van der Waals surface area contributed by atoms with E-state index >= 15 is 0 Å². The van der Waals surface area contributed by atoms with Crippen molar-refractivity contribution in [1.82, 2.24) is 4.98 Å². The molecule has 0 aliphatic rings. The molecule has 0 saturated heterocycles. The highest BCUT2D eigenvalue weighted by Gasteiger charge is 2.34. The Morgan fingerprint density at radius 2 is 2.00 bits per heavy atom. The summed E-state index contributed by atoms with van der Waals surface area (Å²) < 4.78 is 2.02. The van der Waals surface area contributed by atoms with Gasteiger partial charge in [0.05, 0.1) is 5.56 Å². The second-order valence-electron chi connectivity index (χ2n) is 2.42. The summed E-state index contributed by atoms with van der Waals surface area (Å²) >= 11 is 15.6. The van der Waals surface area contributed by atoms with E-state index in [4.69, 9.17) is 34.8 Å². The zero-order valence-corrected chi connectivity index (χ0v) is 9.38. The highest BCUT2D eigenvalue weighted by atomic mass is 35.6. The van der Waals surface area contributed by atoms with Crippen LogP contribution in [0.4, 0.5) is 0 Å². The van der Waals surface area contributed by atoms with E-state index in [1.807, 2.05) is 0 Å². The topological polar surface area (TPSA) is 56.3 Å². The fraction of sp³-hybridized carbons (Fsp3) is 0.125. The number of hydrogen-bond donors (Lipinski definition) is 0. The summed E-state index contributed by atoms with van der Waals surface area (Å²) in [5.74, 6) is -2.17. The van der Waals surface area contributed by atoms with Gasteiger partial charge in [-0.1, -0.05) is 34.8 Å². The maximum Gasteiger partial charge on any atom is 0.366 e. The standard InChI is InChI=1S/C8H4Cl3NO3/c9-8(10,11)7(14)15-6(13)5-2-1-3-12-4-5/h1-4H. The van der Waals surface area contributed by atoms with Gasteiger partial charge in [-0.15, -0.1) is 0 Å². The lowest BCUT2D eigenvalue weighted by Crippen LogP contribution is -2.25. The molecule has 0 unspecified atom stereocenters. The number of aromatic nitrogens is 1. The number of ether oxygens (including phenoxy) is 1. The number of nitrogens with zero attached hydrogens (tertiary/aromatic N) is 1. The molecule has 0 aliphatic carbocycles. The first kappa shape index (κ1) is 12.2. The lowest BCUT2D eigenvalue weighted by molar-refractivity contribution is -0.136. The number of pyridine rings is 1. The molecule has 0 spiro atoms. The molecule has 1 aromatic heterocycles. The van der Waals surface area contributed by atoms with Crippen molar-refractivity contribution in [3.63, 3.8) is 0 Å². The Morgan fingerprint density at radius 3 is 2.47 bits per heavy atom. The van der Waals surface area contributed by atoms with Gasteiger partial charge in [-0.25, -0.2) is 9.59 Å². The number of carbonyl (C=O) groups is 2. The third-order valence-corrected chi connectivity index (χ3v) is 1.78. The molecule has 1 aromatic rings. The van der Waals surface area contributed by atoms with Gasteiger partial charge in [-0.3, -0.25) is 4.98 Å². The van der Waals surface area contributed by atoms with Gasteiger partial charge in [-0.05, 0) is 12.1 Å². The summed E-state index contributed by atoms with van der Waals surface area (Å²) in [7, 11) is 0. The first-order valence-electron chi connectivity index (χ1n) is 3.64. The number of rotatable bonds is 1. The van der Waals surface area contributed by atoms with E-state index in [9.17, 15) is 9.59 Å². The normalized spacial score (nSPS) is 10.9. The summed E-state index contributed by atoms with van der Waals surface area (Å²) in [6, 6.07) is 2.93. The molecule has 0 aromatic carbocycles. The molecule has 7 heteroatoms. The van der Waals surface area contributed by atoms with Crippen molar-refractivity contribution in [3.05, 3.63) is 30.1 Å². The summed E-state index contributed by atoms with van der Waals surface area (Å²) in [6.45, 7) is 0. The molecule has 4 nitrogen and oxygen atoms in total. The van der Waals surface area contributed by atoms with E-state index in [2.05, 4.69) is 9.72 Å². The second kappa shape index (κ2) is 4.79. The van der Waals surface area contributed by atoms with Crippen LogP contribution < -0.4 is 0 Å². The molecule has 0 saturated carbocycles. The van der Waals surface area contributed by atoms with Crippen LogP contribution in [0.5, 0.6) is 0 Å². The Balaban J connectivity index is 2.70. The van der Waals surface area contributed by atoms with Crippen LogP contribution in [0, 0.1) is 0 Å². The SMILES string of the molecule is O=C(OC(=O)C(Cl)(Cl)Cl)c1cccnc1. The number of hydrogen-bond acceptors (Lipinski definition) is 4. The van der Waals surface area contributed by atoms with Gasteiger partial charge in [0.25, 0.3) is 3.79 Å². The van der Waals surface area contributed by atoms with Gasteiger partial charge < -0.3 is 4.74 Å². The maximum atomic E-state index is 11.2. The van der Waals surface area contributed by atoms with Crippen LogP contribution in [0.3, 0.4) is 0 Å². The average Bonchev–Trinajstić information content (AvgIpc) is 2.17. The quantitative estimate of drug-likeness (QED) is 0.445. The molecule has 1 heterocycles. The van der Waals surface area contributed by atoms with E-state index in [-0.39, 0.29) is 5.56 Å². The van der Waals surface area contributed by atoms with Crippen molar-refractivity contribution >= 4 is 46.7 Å². The van der Waals surface area contributed by atoms with Crippen LogP contribution in [-0.4, -0.2) is 20.7 Å². The van der Waals surface area contributed by atoms with Gasteiger partial charge in [-0.2, -0.15) is 0 Å². The van der Waals surface area contributed by atoms with Crippen molar-refractivity contribution in [1.29, 1.82) is 0 Å². The zero-order valence-electron chi connectivity index (χ0n) is 7.12. The van der Waals surface area contributed by atoms with Crippen molar-refractivity contribution in [2.24, 2.45) is 0 Å². The van der Waals surface area contributed by atoms with Crippen LogP contribution in [0.25, 0.3) is 0 Å². The van der Waals surface area contributed by atoms with E-state index in [1.165, 1.54) is 24.5 Å². The van der Waals surface area contributed by atoms with Gasteiger partial charge in [0.15, 0.2) is 0 Å². The van der Waals surface area contributed by atoms with Gasteiger partial charge in [0.2, 0.25) is 0 Å². The summed E-state index contributed by atoms with van der Waals surface area (Å²) in [6.07, 6.45) is 2.70. The third-order valence-electron chi connectivity index (χ3n) is 1.31. The lowest BCUT2D eigenvalue weighted by atomic mass is 10.3. The van der Waals surface area contributed by atoms with Crippen LogP contribution in [0.1, 0.15) is 10.4 Å². The predicted molar refractivity (Wildman–Crippen MR) is 54.9 cm³/mol. The van der Waals surface area contributed by atoms with Crippen LogP contribution >= 0.6 is 34.8 Å². The smallest absolute Gasteiger partial charge is 0.366 e. The molecular formula is C8H4Cl3NO3. The molecule has 0 radical (unpaired) electrons. The number of carbonyl (C=O) groups excluding carboxylic acids is 2. The fourth-order valence-corrected chi connectivity index (χ4v) is 0.800. The monoisotopic (exact) mass is 267 g/mol. The minimum absolute atomic E-state index is 0.0973. The molecule has 0 bridgehead atoms. The second-order valence-corrected chi connectivity index (χ2v) is 4.70. The van der Waals surface area contributed by atoms with Crippen molar-refractivity contribution in [3.8, 4) is 0 Å². The predicted octanol–water partition coefficient (Wildman–Crippen LogP) is 2.14. The van der Waals surface area contributed by atoms with Crippen LogP contribution in [-0.2, 0) is 9.53 Å². The average molecular weight is 268 g/mol. The van der Waals surface area contributed by atoms with Crippen LogP contribution in [0.2, 0.25) is 0 Å². The largest absolute Gasteiger partial charge is 0.386 e. The first-order valence-corrected chi connectivity index (χ1v) is 4.78. The number of esters is 2. The lowest BCUT2D eigenvalue weighted by Gasteiger charge is -2.08. The van der Waals surface area contributed by atoms with E-state index in [0.717, 1.165) is 0 Å². The van der Waals surface area contributed by atoms with Gasteiger partial charge in [0.1, 0.15) is 0 Å². The number of alkyl halides is 3. The molecular weight excluding hydrogens is 264 g/mol. The molecule has 0 atom stereocenters. The van der Waals surface area contributed by atoms with Crippen molar-refractivity contribution < 1.29 is 14.3 Å². The number of halogens is 3. The summed E-state index contributed by atoms with van der Waals surface area (Å²) in [5, 5.41) is 0. The molecule has 80 valence electrons. The molecule has 1 rings (SSSR count). The Morgan fingerprint density at radius 1 is 1.33 bits per heavy atom. The van der Waals surface area contributed by atoms with Crippen molar-refractivity contribution in [2.75, 3.05) is 0 Å². The Bertz CT molecular complexity index is 374. The molecule has 15 heavy (non-hydrogen) atoms. The molecule has 0 amide bonds. The fourth-order valence-electron chi connectivity index (χ4n) is 0.684. The summed E-state index contributed by atoms with van der Waals surface area (Å²) in [5.41, 5.74) is 0.0973. The van der Waals surface area contributed by atoms with Gasteiger partial charge >= 0.3 is 11.9 Å².